The molecule has 0 unspecified atom stereocenters. The number of nitro groups is 1. The summed E-state index contributed by atoms with van der Waals surface area (Å²) >= 11 is 11.7. The zero-order chi connectivity index (χ0) is 15.2. The van der Waals surface area contributed by atoms with Gasteiger partial charge in [-0.05, 0) is 30.3 Å². The van der Waals surface area contributed by atoms with Crippen LogP contribution in [0.15, 0.2) is 42.5 Å². The number of hydrogen-bond acceptors (Lipinski definition) is 3. The van der Waals surface area contributed by atoms with Gasteiger partial charge in [0, 0.05) is 22.7 Å². The van der Waals surface area contributed by atoms with E-state index < -0.39 is 4.92 Å². The van der Waals surface area contributed by atoms with Crippen molar-refractivity contribution in [1.82, 2.24) is 0 Å². The van der Waals surface area contributed by atoms with Gasteiger partial charge in [0.1, 0.15) is 12.4 Å². The summed E-state index contributed by atoms with van der Waals surface area (Å²) in [5, 5.41) is 11.5. The van der Waals surface area contributed by atoms with Crippen LogP contribution in [0, 0.1) is 22.0 Å². The zero-order valence-corrected chi connectivity index (χ0v) is 12.2. The standard InChI is InChI=1S/C15H9Cl2NO3/c16-12-5-8-15(14(17)10-12)21-9-1-2-11-3-6-13(7-4-11)18(19)20/h3-8,10H,9H2. The first kappa shape index (κ1) is 15.2. The highest BCUT2D eigenvalue weighted by Crippen LogP contribution is 2.27. The topological polar surface area (TPSA) is 52.4 Å². The third-order valence-electron chi connectivity index (χ3n) is 2.50. The van der Waals surface area contributed by atoms with Crippen molar-refractivity contribution < 1.29 is 9.66 Å². The number of hydrogen-bond donors (Lipinski definition) is 0. The Labute approximate surface area is 131 Å². The molecule has 0 aromatic heterocycles. The van der Waals surface area contributed by atoms with E-state index in [1.807, 2.05) is 0 Å². The minimum Gasteiger partial charge on any atom is -0.479 e. The molecule has 0 heterocycles. The molecule has 0 N–H and O–H groups in total. The summed E-state index contributed by atoms with van der Waals surface area (Å²) < 4.78 is 5.40. The van der Waals surface area contributed by atoms with Gasteiger partial charge < -0.3 is 4.74 Å². The SMILES string of the molecule is O=[N+]([O-])c1ccc(C#CCOc2ccc(Cl)cc2Cl)cc1. The Hall–Kier alpha value is -2.22. The molecule has 0 saturated heterocycles. The Kier molecular flexibility index (Phi) is 5.04. The van der Waals surface area contributed by atoms with Gasteiger partial charge in [0.2, 0.25) is 0 Å². The Balaban J connectivity index is 1.96. The number of ether oxygens (including phenoxy) is 1. The zero-order valence-electron chi connectivity index (χ0n) is 10.7. The van der Waals surface area contributed by atoms with E-state index in [2.05, 4.69) is 11.8 Å². The van der Waals surface area contributed by atoms with Crippen molar-refractivity contribution in [2.45, 2.75) is 0 Å². The van der Waals surface area contributed by atoms with Gasteiger partial charge in [-0.3, -0.25) is 10.1 Å². The van der Waals surface area contributed by atoms with Crippen molar-refractivity contribution in [2.24, 2.45) is 0 Å². The number of benzene rings is 2. The van der Waals surface area contributed by atoms with Gasteiger partial charge in [0.05, 0.1) is 9.95 Å². The summed E-state index contributed by atoms with van der Waals surface area (Å²) in [5.74, 6) is 6.15. The van der Waals surface area contributed by atoms with E-state index in [1.165, 1.54) is 12.1 Å². The maximum Gasteiger partial charge on any atom is 0.269 e. The molecule has 0 fully saturated rings. The number of nitro benzene ring substituents is 1. The van der Waals surface area contributed by atoms with Gasteiger partial charge in [-0.2, -0.15) is 0 Å². The maximum atomic E-state index is 10.5. The van der Waals surface area contributed by atoms with Crippen LogP contribution in [0.4, 0.5) is 5.69 Å². The normalized spacial score (nSPS) is 9.62. The predicted molar refractivity (Wildman–Crippen MR) is 81.9 cm³/mol. The fourth-order valence-corrected chi connectivity index (χ4v) is 1.97. The van der Waals surface area contributed by atoms with Crippen LogP contribution in [0.5, 0.6) is 5.75 Å². The highest BCUT2D eigenvalue weighted by molar-refractivity contribution is 6.35. The molecule has 0 spiro atoms. The number of halogens is 2. The summed E-state index contributed by atoms with van der Waals surface area (Å²) in [6, 6.07) is 10.9. The third kappa shape index (κ3) is 4.38. The molecular weight excluding hydrogens is 313 g/mol. The lowest BCUT2D eigenvalue weighted by molar-refractivity contribution is -0.384. The summed E-state index contributed by atoms with van der Waals surface area (Å²) in [6.45, 7) is 0.151. The summed E-state index contributed by atoms with van der Waals surface area (Å²) in [7, 11) is 0. The predicted octanol–water partition coefficient (Wildman–Crippen LogP) is 4.33. The Morgan fingerprint density at radius 3 is 2.48 bits per heavy atom. The van der Waals surface area contributed by atoms with E-state index >= 15 is 0 Å². The van der Waals surface area contributed by atoms with E-state index in [0.717, 1.165) is 0 Å². The van der Waals surface area contributed by atoms with E-state index in [4.69, 9.17) is 27.9 Å². The highest BCUT2D eigenvalue weighted by Gasteiger charge is 2.02. The highest BCUT2D eigenvalue weighted by atomic mass is 35.5. The lowest BCUT2D eigenvalue weighted by Crippen LogP contribution is -1.94. The van der Waals surface area contributed by atoms with Crippen molar-refractivity contribution in [2.75, 3.05) is 6.61 Å². The maximum absolute atomic E-state index is 10.5. The molecular formula is C15H9Cl2NO3. The molecule has 6 heteroatoms. The second-order valence-electron chi connectivity index (χ2n) is 3.97. The van der Waals surface area contributed by atoms with Crippen molar-refractivity contribution in [1.29, 1.82) is 0 Å². The van der Waals surface area contributed by atoms with Crippen molar-refractivity contribution in [3.8, 4) is 17.6 Å². The smallest absolute Gasteiger partial charge is 0.269 e. The molecule has 21 heavy (non-hydrogen) atoms. The second-order valence-corrected chi connectivity index (χ2v) is 4.81. The van der Waals surface area contributed by atoms with Gasteiger partial charge in [-0.15, -0.1) is 0 Å². The quantitative estimate of drug-likeness (QED) is 0.480. The van der Waals surface area contributed by atoms with Gasteiger partial charge >= 0.3 is 0 Å². The first-order chi connectivity index (χ1) is 10.1. The minimum absolute atomic E-state index is 0.0322. The van der Waals surface area contributed by atoms with Gasteiger partial charge in [0.25, 0.3) is 5.69 Å². The summed E-state index contributed by atoms with van der Waals surface area (Å²) in [4.78, 5) is 10.1. The van der Waals surface area contributed by atoms with Crippen LogP contribution in [-0.2, 0) is 0 Å². The molecule has 2 aromatic rings. The van der Waals surface area contributed by atoms with Crippen LogP contribution in [-0.4, -0.2) is 11.5 Å². The molecule has 0 aliphatic carbocycles. The molecule has 2 aromatic carbocycles. The average molecular weight is 322 g/mol. The van der Waals surface area contributed by atoms with Crippen molar-refractivity contribution >= 4 is 28.9 Å². The van der Waals surface area contributed by atoms with Crippen LogP contribution >= 0.6 is 23.2 Å². The minimum atomic E-state index is -0.456. The number of nitrogens with zero attached hydrogens (tertiary/aromatic N) is 1. The van der Waals surface area contributed by atoms with Gasteiger partial charge in [-0.25, -0.2) is 0 Å². The molecule has 4 nitrogen and oxygen atoms in total. The monoisotopic (exact) mass is 321 g/mol. The van der Waals surface area contributed by atoms with E-state index in [1.54, 1.807) is 30.3 Å². The molecule has 0 bridgehead atoms. The fraction of sp³-hybridized carbons (Fsp3) is 0.0667. The van der Waals surface area contributed by atoms with Crippen molar-refractivity contribution in [3.05, 3.63) is 68.2 Å². The van der Waals surface area contributed by atoms with Crippen LogP contribution in [0.25, 0.3) is 0 Å². The summed E-state index contributed by atoms with van der Waals surface area (Å²) in [5.41, 5.74) is 0.705. The molecule has 0 radical (unpaired) electrons. The number of non-ortho nitro benzene ring substituents is 1. The van der Waals surface area contributed by atoms with Crippen LogP contribution in [0.3, 0.4) is 0 Å². The van der Waals surface area contributed by atoms with Gasteiger partial charge in [-0.1, -0.05) is 35.0 Å². The average Bonchev–Trinajstić information content (AvgIpc) is 2.46. The van der Waals surface area contributed by atoms with E-state index in [9.17, 15) is 10.1 Å². The molecule has 0 saturated carbocycles. The third-order valence-corrected chi connectivity index (χ3v) is 3.04. The first-order valence-corrected chi connectivity index (χ1v) is 6.63. The molecule has 0 atom stereocenters. The molecule has 0 aliphatic rings. The largest absolute Gasteiger partial charge is 0.479 e. The Bertz CT molecular complexity index is 718. The van der Waals surface area contributed by atoms with E-state index in [0.29, 0.717) is 21.4 Å². The van der Waals surface area contributed by atoms with Crippen LogP contribution < -0.4 is 4.74 Å². The van der Waals surface area contributed by atoms with E-state index in [-0.39, 0.29) is 12.3 Å². The Morgan fingerprint density at radius 1 is 1.14 bits per heavy atom. The van der Waals surface area contributed by atoms with Crippen LogP contribution in [0.1, 0.15) is 5.56 Å². The lowest BCUT2D eigenvalue weighted by Gasteiger charge is -2.04. The lowest BCUT2D eigenvalue weighted by atomic mass is 10.2. The fourth-order valence-electron chi connectivity index (χ4n) is 1.51. The molecule has 0 aliphatic heterocycles. The Morgan fingerprint density at radius 2 is 1.86 bits per heavy atom. The molecule has 2 rings (SSSR count). The first-order valence-electron chi connectivity index (χ1n) is 5.87. The molecule has 0 amide bonds. The van der Waals surface area contributed by atoms with Crippen molar-refractivity contribution in [3.63, 3.8) is 0 Å². The number of rotatable bonds is 3. The van der Waals surface area contributed by atoms with Gasteiger partial charge in [0.15, 0.2) is 0 Å². The second kappa shape index (κ2) is 6.98. The molecule has 106 valence electrons. The van der Waals surface area contributed by atoms with Crippen LogP contribution in [0.2, 0.25) is 10.0 Å². The summed E-state index contributed by atoms with van der Waals surface area (Å²) in [6.07, 6.45) is 0.